The van der Waals surface area contributed by atoms with Crippen molar-refractivity contribution in [3.8, 4) is 0 Å². The third-order valence-corrected chi connectivity index (χ3v) is 2.58. The lowest BCUT2D eigenvalue weighted by molar-refractivity contribution is 0.0697. The summed E-state index contributed by atoms with van der Waals surface area (Å²) in [5.41, 5.74) is 0.798. The number of amides is 2. The summed E-state index contributed by atoms with van der Waals surface area (Å²) in [7, 11) is 0. The van der Waals surface area contributed by atoms with Gasteiger partial charge in [-0.2, -0.15) is 0 Å². The molecule has 16 heavy (non-hydrogen) atoms. The SMILES string of the molecule is CC1CNC(=O)N1c1cccc(C(=O)O)c1. The highest BCUT2D eigenvalue weighted by Gasteiger charge is 2.28. The Labute approximate surface area is 92.7 Å². The predicted molar refractivity (Wildman–Crippen MR) is 58.7 cm³/mol. The number of carbonyl (C=O) groups excluding carboxylic acids is 1. The van der Waals surface area contributed by atoms with Gasteiger partial charge in [-0.3, -0.25) is 4.90 Å². The summed E-state index contributed by atoms with van der Waals surface area (Å²) < 4.78 is 0. The van der Waals surface area contributed by atoms with E-state index in [1.807, 2.05) is 6.92 Å². The summed E-state index contributed by atoms with van der Waals surface area (Å²) in [6.45, 7) is 2.49. The fourth-order valence-corrected chi connectivity index (χ4v) is 1.77. The third-order valence-electron chi connectivity index (χ3n) is 2.58. The van der Waals surface area contributed by atoms with Crippen LogP contribution in [0.4, 0.5) is 10.5 Å². The number of anilines is 1. The van der Waals surface area contributed by atoms with Gasteiger partial charge < -0.3 is 10.4 Å². The van der Waals surface area contributed by atoms with Gasteiger partial charge >= 0.3 is 12.0 Å². The van der Waals surface area contributed by atoms with Crippen LogP contribution in [0.5, 0.6) is 0 Å². The monoisotopic (exact) mass is 220 g/mol. The number of aromatic carboxylic acids is 1. The van der Waals surface area contributed by atoms with E-state index < -0.39 is 5.97 Å². The first-order chi connectivity index (χ1) is 7.59. The molecule has 0 bridgehead atoms. The summed E-state index contributed by atoms with van der Waals surface area (Å²) in [5.74, 6) is -0.992. The first-order valence-electron chi connectivity index (χ1n) is 5.00. The van der Waals surface area contributed by atoms with E-state index in [4.69, 9.17) is 5.11 Å². The molecule has 1 atom stereocenters. The van der Waals surface area contributed by atoms with Gasteiger partial charge in [0.15, 0.2) is 0 Å². The molecule has 0 radical (unpaired) electrons. The van der Waals surface area contributed by atoms with E-state index in [2.05, 4.69) is 5.32 Å². The van der Waals surface area contributed by atoms with Gasteiger partial charge in [-0.15, -0.1) is 0 Å². The maximum atomic E-state index is 11.5. The van der Waals surface area contributed by atoms with Crippen molar-refractivity contribution in [1.29, 1.82) is 0 Å². The van der Waals surface area contributed by atoms with E-state index in [9.17, 15) is 9.59 Å². The fraction of sp³-hybridized carbons (Fsp3) is 0.273. The number of nitrogens with one attached hydrogen (secondary N) is 1. The Balaban J connectivity index is 2.36. The molecule has 1 aliphatic rings. The van der Waals surface area contributed by atoms with E-state index in [0.717, 1.165) is 0 Å². The topological polar surface area (TPSA) is 69.6 Å². The van der Waals surface area contributed by atoms with E-state index in [-0.39, 0.29) is 17.6 Å². The van der Waals surface area contributed by atoms with Crippen molar-refractivity contribution in [2.24, 2.45) is 0 Å². The minimum atomic E-state index is -0.992. The average molecular weight is 220 g/mol. The van der Waals surface area contributed by atoms with Crippen molar-refractivity contribution in [3.63, 3.8) is 0 Å². The van der Waals surface area contributed by atoms with Crippen molar-refractivity contribution >= 4 is 17.7 Å². The van der Waals surface area contributed by atoms with Crippen LogP contribution in [-0.4, -0.2) is 29.7 Å². The number of hydrogen-bond acceptors (Lipinski definition) is 2. The normalized spacial score (nSPS) is 19.7. The lowest BCUT2D eigenvalue weighted by Crippen LogP contribution is -2.32. The van der Waals surface area contributed by atoms with Crippen molar-refractivity contribution in [1.82, 2.24) is 5.32 Å². The highest BCUT2D eigenvalue weighted by atomic mass is 16.4. The summed E-state index contributed by atoms with van der Waals surface area (Å²) in [6.07, 6.45) is 0. The predicted octanol–water partition coefficient (Wildman–Crippen LogP) is 1.30. The molecule has 0 aliphatic carbocycles. The fourth-order valence-electron chi connectivity index (χ4n) is 1.77. The first kappa shape index (κ1) is 10.5. The molecule has 1 heterocycles. The molecule has 0 spiro atoms. The molecule has 2 rings (SSSR count). The molecule has 1 unspecified atom stereocenters. The van der Waals surface area contributed by atoms with Gasteiger partial charge in [0.25, 0.3) is 0 Å². The minimum absolute atomic E-state index is 0.0385. The summed E-state index contributed by atoms with van der Waals surface area (Å²) in [4.78, 5) is 23.9. The zero-order chi connectivity index (χ0) is 11.7. The molecule has 2 amide bonds. The van der Waals surface area contributed by atoms with Gasteiger partial charge in [0.2, 0.25) is 0 Å². The molecular weight excluding hydrogens is 208 g/mol. The number of hydrogen-bond donors (Lipinski definition) is 2. The maximum Gasteiger partial charge on any atom is 0.335 e. The number of carboxylic acids is 1. The lowest BCUT2D eigenvalue weighted by atomic mass is 10.2. The number of nitrogens with zero attached hydrogens (tertiary/aromatic N) is 1. The Morgan fingerprint density at radius 1 is 1.56 bits per heavy atom. The average Bonchev–Trinajstić information content (AvgIpc) is 2.59. The van der Waals surface area contributed by atoms with Crippen LogP contribution in [0.15, 0.2) is 24.3 Å². The molecule has 1 aliphatic heterocycles. The van der Waals surface area contributed by atoms with Crippen molar-refractivity contribution in [2.75, 3.05) is 11.4 Å². The Kier molecular flexibility index (Phi) is 2.52. The molecule has 1 aromatic carbocycles. The van der Waals surface area contributed by atoms with Crippen LogP contribution >= 0.6 is 0 Å². The van der Waals surface area contributed by atoms with Crippen LogP contribution in [0.2, 0.25) is 0 Å². The minimum Gasteiger partial charge on any atom is -0.478 e. The van der Waals surface area contributed by atoms with Gasteiger partial charge in [-0.25, -0.2) is 9.59 Å². The van der Waals surface area contributed by atoms with Crippen molar-refractivity contribution in [2.45, 2.75) is 13.0 Å². The van der Waals surface area contributed by atoms with Crippen LogP contribution < -0.4 is 10.2 Å². The molecule has 2 N–H and O–H groups in total. The van der Waals surface area contributed by atoms with Gasteiger partial charge in [-0.05, 0) is 25.1 Å². The van der Waals surface area contributed by atoms with Crippen LogP contribution in [0.1, 0.15) is 17.3 Å². The summed E-state index contributed by atoms with van der Waals surface area (Å²) >= 11 is 0. The second kappa shape index (κ2) is 3.84. The Bertz CT molecular complexity index is 445. The Hall–Kier alpha value is -2.04. The molecule has 1 fully saturated rings. The zero-order valence-corrected chi connectivity index (χ0v) is 8.80. The smallest absolute Gasteiger partial charge is 0.335 e. The number of carbonyl (C=O) groups is 2. The molecule has 84 valence electrons. The van der Waals surface area contributed by atoms with Gasteiger partial charge in [-0.1, -0.05) is 6.07 Å². The van der Waals surface area contributed by atoms with Crippen LogP contribution in [0, 0.1) is 0 Å². The van der Waals surface area contributed by atoms with E-state index >= 15 is 0 Å². The zero-order valence-electron chi connectivity index (χ0n) is 8.80. The van der Waals surface area contributed by atoms with Crippen molar-refractivity contribution < 1.29 is 14.7 Å². The Morgan fingerprint density at radius 3 is 2.88 bits per heavy atom. The highest BCUT2D eigenvalue weighted by molar-refractivity contribution is 5.96. The number of rotatable bonds is 2. The molecular formula is C11H12N2O3. The largest absolute Gasteiger partial charge is 0.478 e. The lowest BCUT2D eigenvalue weighted by Gasteiger charge is -2.19. The van der Waals surface area contributed by atoms with Crippen LogP contribution in [-0.2, 0) is 0 Å². The third kappa shape index (κ3) is 1.71. The van der Waals surface area contributed by atoms with Crippen LogP contribution in [0.3, 0.4) is 0 Å². The molecule has 0 saturated carbocycles. The maximum absolute atomic E-state index is 11.5. The Morgan fingerprint density at radius 2 is 2.31 bits per heavy atom. The molecule has 0 aromatic heterocycles. The van der Waals surface area contributed by atoms with Gasteiger partial charge in [0, 0.05) is 12.2 Å². The van der Waals surface area contributed by atoms with Gasteiger partial charge in [0.05, 0.1) is 11.6 Å². The first-order valence-corrected chi connectivity index (χ1v) is 5.00. The summed E-state index contributed by atoms with van der Waals surface area (Å²) in [5, 5.41) is 11.6. The molecule has 1 saturated heterocycles. The van der Waals surface area contributed by atoms with Crippen molar-refractivity contribution in [3.05, 3.63) is 29.8 Å². The number of carboxylic acid groups (broad SMARTS) is 1. The second-order valence-electron chi connectivity index (χ2n) is 3.76. The molecule has 5 nitrogen and oxygen atoms in total. The molecule has 1 aromatic rings. The quantitative estimate of drug-likeness (QED) is 0.789. The number of benzene rings is 1. The van der Waals surface area contributed by atoms with Crippen LogP contribution in [0.25, 0.3) is 0 Å². The molecule has 5 heteroatoms. The number of urea groups is 1. The van der Waals surface area contributed by atoms with E-state index in [0.29, 0.717) is 12.2 Å². The van der Waals surface area contributed by atoms with E-state index in [1.54, 1.807) is 17.0 Å². The summed E-state index contributed by atoms with van der Waals surface area (Å²) in [6, 6.07) is 6.23. The van der Waals surface area contributed by atoms with Gasteiger partial charge in [0.1, 0.15) is 0 Å². The second-order valence-corrected chi connectivity index (χ2v) is 3.76. The highest BCUT2D eigenvalue weighted by Crippen LogP contribution is 2.21. The van der Waals surface area contributed by atoms with E-state index in [1.165, 1.54) is 12.1 Å². The standard InChI is InChI=1S/C11H12N2O3/c1-7-6-12-11(16)13(7)9-4-2-3-8(5-9)10(14)15/h2-5,7H,6H2,1H3,(H,12,16)(H,14,15).